The molecule has 1 aliphatic heterocycles. The smallest absolute Gasteiger partial charge is 0.0220 e. The van der Waals surface area contributed by atoms with Gasteiger partial charge in [-0.25, -0.2) is 0 Å². The van der Waals surface area contributed by atoms with Crippen molar-refractivity contribution >= 4 is 28.3 Å². The van der Waals surface area contributed by atoms with Gasteiger partial charge in [-0.15, -0.1) is 12.4 Å². The van der Waals surface area contributed by atoms with Crippen LogP contribution in [-0.4, -0.2) is 19.1 Å². The second kappa shape index (κ2) is 7.28. The maximum Gasteiger partial charge on any atom is 0.0220 e. The van der Waals surface area contributed by atoms with Crippen LogP contribution in [0.3, 0.4) is 0 Å². The Morgan fingerprint density at radius 3 is 2.62 bits per heavy atom. The molecule has 0 spiro atoms. The first-order valence-corrected chi connectivity index (χ1v) is 6.33. The highest BCUT2D eigenvalue weighted by molar-refractivity contribution is 9.10. The Kier molecular flexibility index (Phi) is 6.36. The summed E-state index contributed by atoms with van der Waals surface area (Å²) in [6.07, 6.45) is 2.48. The van der Waals surface area contributed by atoms with Gasteiger partial charge in [0.1, 0.15) is 0 Å². The number of benzene rings is 1. The lowest BCUT2D eigenvalue weighted by Crippen LogP contribution is -2.39. The summed E-state index contributed by atoms with van der Waals surface area (Å²) in [5.74, 6) is 0. The average molecular weight is 306 g/mol. The summed E-state index contributed by atoms with van der Waals surface area (Å²) < 4.78 is 1.20. The van der Waals surface area contributed by atoms with Gasteiger partial charge in [-0.3, -0.25) is 0 Å². The van der Waals surface area contributed by atoms with E-state index in [1.165, 1.54) is 22.9 Å². The van der Waals surface area contributed by atoms with Gasteiger partial charge >= 0.3 is 0 Å². The molecule has 4 heteroatoms. The lowest BCUT2D eigenvalue weighted by Gasteiger charge is -2.24. The number of piperidine rings is 1. The molecule has 0 saturated carbocycles. The molecule has 0 atom stereocenters. The van der Waals surface area contributed by atoms with Gasteiger partial charge < -0.3 is 10.6 Å². The zero-order chi connectivity index (χ0) is 10.5. The van der Waals surface area contributed by atoms with Crippen LogP contribution in [0.5, 0.6) is 0 Å². The van der Waals surface area contributed by atoms with Gasteiger partial charge in [0.05, 0.1) is 0 Å². The van der Waals surface area contributed by atoms with Gasteiger partial charge in [-0.05, 0) is 37.6 Å². The predicted molar refractivity (Wildman–Crippen MR) is 74.1 cm³/mol. The molecule has 0 aromatic heterocycles. The van der Waals surface area contributed by atoms with Crippen molar-refractivity contribution in [3.8, 4) is 0 Å². The molecule has 0 bridgehead atoms. The highest BCUT2D eigenvalue weighted by Crippen LogP contribution is 2.16. The van der Waals surface area contributed by atoms with Gasteiger partial charge in [-0.2, -0.15) is 0 Å². The molecule has 1 heterocycles. The van der Waals surface area contributed by atoms with E-state index in [9.17, 15) is 0 Å². The zero-order valence-electron chi connectivity index (χ0n) is 9.21. The van der Waals surface area contributed by atoms with Crippen LogP contribution in [-0.2, 0) is 6.54 Å². The normalized spacial score (nSPS) is 16.8. The van der Waals surface area contributed by atoms with E-state index in [-0.39, 0.29) is 12.4 Å². The molecule has 90 valence electrons. The highest BCUT2D eigenvalue weighted by atomic mass is 79.9. The van der Waals surface area contributed by atoms with Crippen molar-refractivity contribution in [2.75, 3.05) is 13.1 Å². The van der Waals surface area contributed by atoms with Crippen molar-refractivity contribution < 1.29 is 0 Å². The van der Waals surface area contributed by atoms with E-state index in [1.54, 1.807) is 0 Å². The molecule has 1 saturated heterocycles. The fourth-order valence-electron chi connectivity index (χ4n) is 1.92. The number of hydrogen-bond acceptors (Lipinski definition) is 2. The Bertz CT molecular complexity index is 314. The van der Waals surface area contributed by atoms with Crippen molar-refractivity contribution in [1.82, 2.24) is 10.6 Å². The van der Waals surface area contributed by atoms with Crippen molar-refractivity contribution in [2.24, 2.45) is 0 Å². The van der Waals surface area contributed by atoms with E-state index in [1.807, 2.05) is 0 Å². The molecule has 2 rings (SSSR count). The first kappa shape index (κ1) is 14.0. The Morgan fingerprint density at radius 2 is 1.94 bits per heavy atom. The lowest BCUT2D eigenvalue weighted by atomic mass is 10.1. The van der Waals surface area contributed by atoms with Crippen LogP contribution in [0.4, 0.5) is 0 Å². The maximum atomic E-state index is 3.61. The van der Waals surface area contributed by atoms with Crippen LogP contribution < -0.4 is 10.6 Å². The molecule has 1 aromatic rings. The standard InChI is InChI=1S/C12H17BrN2.ClH/c13-12-4-2-1-3-10(12)9-15-11-5-7-14-8-6-11;/h1-4,11,14-15H,5-9H2;1H. The van der Waals surface area contributed by atoms with Crippen LogP contribution in [0.15, 0.2) is 28.7 Å². The maximum absolute atomic E-state index is 3.61. The van der Waals surface area contributed by atoms with Gasteiger partial charge in [0, 0.05) is 17.1 Å². The third-order valence-electron chi connectivity index (χ3n) is 2.88. The Morgan fingerprint density at radius 1 is 1.25 bits per heavy atom. The highest BCUT2D eigenvalue weighted by Gasteiger charge is 2.12. The van der Waals surface area contributed by atoms with Crippen LogP contribution in [0.2, 0.25) is 0 Å². The average Bonchev–Trinajstić information content (AvgIpc) is 2.29. The summed E-state index contributed by atoms with van der Waals surface area (Å²) in [5.41, 5.74) is 1.34. The first-order chi connectivity index (χ1) is 7.36. The first-order valence-electron chi connectivity index (χ1n) is 5.54. The fraction of sp³-hybridized carbons (Fsp3) is 0.500. The molecule has 1 aromatic carbocycles. The number of rotatable bonds is 3. The van der Waals surface area contributed by atoms with Crippen LogP contribution >= 0.6 is 28.3 Å². The molecular formula is C12H18BrClN2. The summed E-state index contributed by atoms with van der Waals surface area (Å²) >= 11 is 3.57. The number of halogens is 2. The quantitative estimate of drug-likeness (QED) is 0.897. The second-order valence-corrected chi connectivity index (χ2v) is 4.85. The third kappa shape index (κ3) is 4.06. The van der Waals surface area contributed by atoms with E-state index >= 15 is 0 Å². The molecule has 0 unspecified atom stereocenters. The number of hydrogen-bond donors (Lipinski definition) is 2. The van der Waals surface area contributed by atoms with Crippen LogP contribution in [0.1, 0.15) is 18.4 Å². The van der Waals surface area contributed by atoms with Crippen molar-refractivity contribution in [3.63, 3.8) is 0 Å². The third-order valence-corrected chi connectivity index (χ3v) is 3.65. The minimum atomic E-state index is 0. The molecule has 0 radical (unpaired) electrons. The molecule has 1 aliphatic rings. The molecular weight excluding hydrogens is 288 g/mol. The van der Waals surface area contributed by atoms with E-state index in [0.717, 1.165) is 19.6 Å². The van der Waals surface area contributed by atoms with Crippen molar-refractivity contribution in [2.45, 2.75) is 25.4 Å². The SMILES string of the molecule is Brc1ccccc1CNC1CCNCC1.Cl. The van der Waals surface area contributed by atoms with Gasteiger partial charge in [0.25, 0.3) is 0 Å². The predicted octanol–water partition coefficient (Wildman–Crippen LogP) is 2.71. The van der Waals surface area contributed by atoms with Gasteiger partial charge in [0.15, 0.2) is 0 Å². The molecule has 0 amide bonds. The topological polar surface area (TPSA) is 24.1 Å². The minimum absolute atomic E-state index is 0. The fourth-order valence-corrected chi connectivity index (χ4v) is 2.35. The Labute approximate surface area is 112 Å². The summed E-state index contributed by atoms with van der Waals surface area (Å²) in [4.78, 5) is 0. The van der Waals surface area contributed by atoms with E-state index in [2.05, 4.69) is 50.8 Å². The summed E-state index contributed by atoms with van der Waals surface area (Å²) in [6.45, 7) is 3.26. The summed E-state index contributed by atoms with van der Waals surface area (Å²) in [7, 11) is 0. The monoisotopic (exact) mass is 304 g/mol. The van der Waals surface area contributed by atoms with Crippen LogP contribution in [0, 0.1) is 0 Å². The Balaban J connectivity index is 0.00000128. The summed E-state index contributed by atoms with van der Waals surface area (Å²) in [5, 5.41) is 6.98. The second-order valence-electron chi connectivity index (χ2n) is 4.00. The molecule has 16 heavy (non-hydrogen) atoms. The van der Waals surface area contributed by atoms with Crippen molar-refractivity contribution in [1.29, 1.82) is 0 Å². The van der Waals surface area contributed by atoms with Crippen molar-refractivity contribution in [3.05, 3.63) is 34.3 Å². The minimum Gasteiger partial charge on any atom is -0.317 e. The largest absolute Gasteiger partial charge is 0.317 e. The number of nitrogens with one attached hydrogen (secondary N) is 2. The van der Waals surface area contributed by atoms with E-state index in [4.69, 9.17) is 0 Å². The van der Waals surface area contributed by atoms with Crippen LogP contribution in [0.25, 0.3) is 0 Å². The molecule has 0 aliphatic carbocycles. The molecule has 2 nitrogen and oxygen atoms in total. The van der Waals surface area contributed by atoms with E-state index < -0.39 is 0 Å². The zero-order valence-corrected chi connectivity index (χ0v) is 11.6. The van der Waals surface area contributed by atoms with Gasteiger partial charge in [-0.1, -0.05) is 34.1 Å². The van der Waals surface area contributed by atoms with E-state index in [0.29, 0.717) is 6.04 Å². The molecule has 1 fully saturated rings. The lowest BCUT2D eigenvalue weighted by molar-refractivity contribution is 0.386. The molecule has 2 N–H and O–H groups in total. The summed E-state index contributed by atoms with van der Waals surface area (Å²) in [6, 6.07) is 9.08. The van der Waals surface area contributed by atoms with Gasteiger partial charge in [0.2, 0.25) is 0 Å². The Hall–Kier alpha value is -0.0900.